The molecule has 2 rings (SSSR count). The van der Waals surface area contributed by atoms with E-state index < -0.39 is 9.84 Å². The van der Waals surface area contributed by atoms with E-state index in [1.807, 2.05) is 6.07 Å². The first-order chi connectivity index (χ1) is 9.37. The topological polar surface area (TPSA) is 49.4 Å². The Kier molecular flexibility index (Phi) is 5.09. The molecule has 1 saturated heterocycles. The molecule has 0 saturated carbocycles. The molecule has 0 amide bonds. The third kappa shape index (κ3) is 4.20. The van der Waals surface area contributed by atoms with Crippen molar-refractivity contribution in [1.82, 2.24) is 5.32 Å². The number of hydrogen-bond donors (Lipinski definition) is 1. The SMILES string of the molecule is CC(C)NCc1ccc(Br)cc1N1CCS(=O)(=O)CC1. The Morgan fingerprint density at radius 2 is 1.95 bits per heavy atom. The number of halogens is 1. The van der Waals surface area contributed by atoms with Crippen LogP contribution in [0.3, 0.4) is 0 Å². The molecule has 112 valence electrons. The summed E-state index contributed by atoms with van der Waals surface area (Å²) in [5, 5.41) is 3.42. The number of nitrogens with one attached hydrogen (secondary N) is 1. The van der Waals surface area contributed by atoms with Gasteiger partial charge in [-0.1, -0.05) is 35.8 Å². The zero-order chi connectivity index (χ0) is 14.8. The van der Waals surface area contributed by atoms with Crippen molar-refractivity contribution in [2.45, 2.75) is 26.4 Å². The van der Waals surface area contributed by atoms with E-state index in [1.54, 1.807) is 0 Å². The summed E-state index contributed by atoms with van der Waals surface area (Å²) in [6.07, 6.45) is 0. The average Bonchev–Trinajstić information content (AvgIpc) is 2.37. The molecule has 4 nitrogen and oxygen atoms in total. The van der Waals surface area contributed by atoms with E-state index >= 15 is 0 Å². The summed E-state index contributed by atoms with van der Waals surface area (Å²) in [4.78, 5) is 2.17. The number of anilines is 1. The normalized spacial score (nSPS) is 18.5. The van der Waals surface area contributed by atoms with Gasteiger partial charge in [0.15, 0.2) is 9.84 Å². The lowest BCUT2D eigenvalue weighted by atomic mass is 10.1. The van der Waals surface area contributed by atoms with Crippen molar-refractivity contribution in [3.05, 3.63) is 28.2 Å². The highest BCUT2D eigenvalue weighted by Crippen LogP contribution is 2.26. The van der Waals surface area contributed by atoms with Crippen LogP contribution in [0.1, 0.15) is 19.4 Å². The summed E-state index contributed by atoms with van der Waals surface area (Å²) in [6.45, 7) is 6.18. The summed E-state index contributed by atoms with van der Waals surface area (Å²) in [6, 6.07) is 6.63. The maximum Gasteiger partial charge on any atom is 0.153 e. The first kappa shape index (κ1) is 15.8. The molecule has 0 radical (unpaired) electrons. The molecule has 20 heavy (non-hydrogen) atoms. The second kappa shape index (κ2) is 6.45. The molecule has 1 aromatic carbocycles. The predicted molar refractivity (Wildman–Crippen MR) is 87.0 cm³/mol. The van der Waals surface area contributed by atoms with Crippen molar-refractivity contribution in [3.8, 4) is 0 Å². The Morgan fingerprint density at radius 1 is 1.30 bits per heavy atom. The van der Waals surface area contributed by atoms with Crippen molar-refractivity contribution in [3.63, 3.8) is 0 Å². The van der Waals surface area contributed by atoms with Gasteiger partial charge in [-0.3, -0.25) is 0 Å². The number of sulfone groups is 1. The summed E-state index contributed by atoms with van der Waals surface area (Å²) in [7, 11) is -2.84. The summed E-state index contributed by atoms with van der Waals surface area (Å²) in [5.74, 6) is 0.493. The highest BCUT2D eigenvalue weighted by atomic mass is 79.9. The predicted octanol–water partition coefficient (Wildman–Crippen LogP) is 2.18. The van der Waals surface area contributed by atoms with Gasteiger partial charge in [-0.25, -0.2) is 8.42 Å². The minimum absolute atomic E-state index is 0.247. The van der Waals surface area contributed by atoms with Gasteiger partial charge in [-0.15, -0.1) is 0 Å². The number of benzene rings is 1. The summed E-state index contributed by atoms with van der Waals surface area (Å²) in [5.41, 5.74) is 2.34. The van der Waals surface area contributed by atoms with E-state index in [4.69, 9.17) is 0 Å². The Morgan fingerprint density at radius 3 is 2.55 bits per heavy atom. The van der Waals surface area contributed by atoms with Crippen molar-refractivity contribution in [2.24, 2.45) is 0 Å². The Bertz CT molecular complexity index is 559. The third-order valence-electron chi connectivity index (χ3n) is 3.43. The van der Waals surface area contributed by atoms with Crippen molar-refractivity contribution >= 4 is 31.5 Å². The van der Waals surface area contributed by atoms with Crippen LogP contribution >= 0.6 is 15.9 Å². The molecule has 1 aliphatic heterocycles. The van der Waals surface area contributed by atoms with Gasteiger partial charge in [0.1, 0.15) is 0 Å². The van der Waals surface area contributed by atoms with Crippen LogP contribution in [0.25, 0.3) is 0 Å². The van der Waals surface area contributed by atoms with Gasteiger partial charge < -0.3 is 10.2 Å². The van der Waals surface area contributed by atoms with Crippen LogP contribution in [-0.4, -0.2) is 39.1 Å². The highest BCUT2D eigenvalue weighted by Gasteiger charge is 2.23. The van der Waals surface area contributed by atoms with Gasteiger partial charge in [-0.2, -0.15) is 0 Å². The number of rotatable bonds is 4. The Labute approximate surface area is 129 Å². The second-order valence-corrected chi connectivity index (χ2v) is 8.67. The fourth-order valence-corrected chi connectivity index (χ4v) is 3.80. The maximum absolute atomic E-state index is 11.5. The summed E-state index contributed by atoms with van der Waals surface area (Å²) < 4.78 is 24.1. The molecule has 0 atom stereocenters. The zero-order valence-electron chi connectivity index (χ0n) is 11.9. The van der Waals surface area contributed by atoms with E-state index in [0.29, 0.717) is 19.1 Å². The Hall–Kier alpha value is -0.590. The van der Waals surface area contributed by atoms with E-state index in [-0.39, 0.29) is 11.5 Å². The molecule has 1 N–H and O–H groups in total. The van der Waals surface area contributed by atoms with Crippen LogP contribution in [0.2, 0.25) is 0 Å². The first-order valence-electron chi connectivity index (χ1n) is 6.84. The van der Waals surface area contributed by atoms with Gasteiger partial charge in [0, 0.05) is 35.8 Å². The fraction of sp³-hybridized carbons (Fsp3) is 0.571. The molecular formula is C14H21BrN2O2S. The zero-order valence-corrected chi connectivity index (χ0v) is 14.3. The molecule has 1 heterocycles. The second-order valence-electron chi connectivity index (χ2n) is 5.45. The van der Waals surface area contributed by atoms with Gasteiger partial charge >= 0.3 is 0 Å². The molecule has 0 bridgehead atoms. The molecule has 0 aliphatic carbocycles. The van der Waals surface area contributed by atoms with E-state index in [0.717, 1.165) is 16.7 Å². The molecule has 0 spiro atoms. The van der Waals surface area contributed by atoms with Crippen LogP contribution < -0.4 is 10.2 Å². The van der Waals surface area contributed by atoms with E-state index in [9.17, 15) is 8.42 Å². The minimum atomic E-state index is -2.84. The monoisotopic (exact) mass is 360 g/mol. The van der Waals surface area contributed by atoms with Crippen LogP contribution in [-0.2, 0) is 16.4 Å². The Balaban J connectivity index is 2.19. The number of hydrogen-bond acceptors (Lipinski definition) is 4. The lowest BCUT2D eigenvalue weighted by Crippen LogP contribution is -2.41. The molecule has 6 heteroatoms. The van der Waals surface area contributed by atoms with Gasteiger partial charge in [0.2, 0.25) is 0 Å². The number of nitrogens with zero attached hydrogens (tertiary/aromatic N) is 1. The minimum Gasteiger partial charge on any atom is -0.369 e. The third-order valence-corrected chi connectivity index (χ3v) is 5.54. The van der Waals surface area contributed by atoms with Crippen LogP contribution in [0.4, 0.5) is 5.69 Å². The highest BCUT2D eigenvalue weighted by molar-refractivity contribution is 9.10. The standard InChI is InChI=1S/C14H21BrN2O2S/c1-11(2)16-10-12-3-4-13(15)9-14(12)17-5-7-20(18,19)8-6-17/h3-4,9,11,16H,5-8,10H2,1-2H3. The molecule has 1 aromatic rings. The van der Waals surface area contributed by atoms with Gasteiger partial charge in [0.25, 0.3) is 0 Å². The van der Waals surface area contributed by atoms with E-state index in [2.05, 4.69) is 52.1 Å². The molecule has 0 unspecified atom stereocenters. The van der Waals surface area contributed by atoms with Gasteiger partial charge in [-0.05, 0) is 17.7 Å². The largest absolute Gasteiger partial charge is 0.369 e. The molecular weight excluding hydrogens is 340 g/mol. The molecule has 1 fully saturated rings. The fourth-order valence-electron chi connectivity index (χ4n) is 2.25. The molecule has 0 aromatic heterocycles. The van der Waals surface area contributed by atoms with Crippen LogP contribution in [0, 0.1) is 0 Å². The van der Waals surface area contributed by atoms with Gasteiger partial charge in [0.05, 0.1) is 11.5 Å². The van der Waals surface area contributed by atoms with E-state index in [1.165, 1.54) is 5.56 Å². The average molecular weight is 361 g/mol. The quantitative estimate of drug-likeness (QED) is 0.893. The first-order valence-corrected chi connectivity index (χ1v) is 9.46. The van der Waals surface area contributed by atoms with Crippen molar-refractivity contribution in [2.75, 3.05) is 29.5 Å². The smallest absolute Gasteiger partial charge is 0.153 e. The maximum atomic E-state index is 11.5. The lowest BCUT2D eigenvalue weighted by Gasteiger charge is -2.31. The van der Waals surface area contributed by atoms with Crippen LogP contribution in [0.15, 0.2) is 22.7 Å². The van der Waals surface area contributed by atoms with Crippen LogP contribution in [0.5, 0.6) is 0 Å². The van der Waals surface area contributed by atoms with Crippen molar-refractivity contribution < 1.29 is 8.42 Å². The lowest BCUT2D eigenvalue weighted by molar-refractivity contribution is 0.582. The van der Waals surface area contributed by atoms with Crippen molar-refractivity contribution in [1.29, 1.82) is 0 Å². The summed E-state index contributed by atoms with van der Waals surface area (Å²) >= 11 is 3.50. The molecule has 1 aliphatic rings.